The second-order valence-corrected chi connectivity index (χ2v) is 11.0. The standard InChI is InChI=1S/C34H33N3O5S/c1-22-9-8-12-27(19-22)36-32(38)23(2)43-29-17-14-26(15-18-29)35-34(40)30(37-33(39)24-10-6-5-7-11-24)20-25-13-16-28(41-3)21-31(25)42-4/h5-21,23H,1-4H3,(H,35,40)(H,36,38)(H,37,39)/b30-20-. The van der Waals surface area contributed by atoms with Crippen molar-refractivity contribution in [3.8, 4) is 11.5 Å². The van der Waals surface area contributed by atoms with Crippen LogP contribution >= 0.6 is 11.8 Å². The molecule has 9 heteroatoms. The van der Waals surface area contributed by atoms with Crippen LogP contribution in [-0.4, -0.2) is 37.2 Å². The molecule has 0 saturated carbocycles. The Kier molecular flexibility index (Phi) is 10.6. The van der Waals surface area contributed by atoms with Crippen LogP contribution in [0.25, 0.3) is 6.08 Å². The number of benzene rings is 4. The van der Waals surface area contributed by atoms with Gasteiger partial charge in [-0.2, -0.15) is 0 Å². The largest absolute Gasteiger partial charge is 0.497 e. The first kappa shape index (κ1) is 30.9. The quantitative estimate of drug-likeness (QED) is 0.134. The lowest BCUT2D eigenvalue weighted by Gasteiger charge is -2.14. The van der Waals surface area contributed by atoms with Crippen molar-refractivity contribution < 1.29 is 23.9 Å². The molecule has 0 bridgehead atoms. The minimum Gasteiger partial charge on any atom is -0.497 e. The molecule has 1 atom stereocenters. The van der Waals surface area contributed by atoms with Crippen LogP contribution in [0.5, 0.6) is 11.5 Å². The van der Waals surface area contributed by atoms with Gasteiger partial charge in [0.15, 0.2) is 0 Å². The highest BCUT2D eigenvalue weighted by atomic mass is 32.2. The molecule has 4 aromatic rings. The zero-order valence-electron chi connectivity index (χ0n) is 24.3. The Morgan fingerprint density at radius 1 is 0.791 bits per heavy atom. The number of aryl methyl sites for hydroxylation is 1. The number of ether oxygens (including phenoxy) is 2. The predicted octanol–water partition coefficient (Wildman–Crippen LogP) is 6.54. The van der Waals surface area contributed by atoms with E-state index < -0.39 is 11.8 Å². The molecule has 8 nitrogen and oxygen atoms in total. The van der Waals surface area contributed by atoms with Gasteiger partial charge in [-0.1, -0.05) is 30.3 Å². The number of rotatable bonds is 11. The molecule has 0 aliphatic carbocycles. The van der Waals surface area contributed by atoms with Crippen LogP contribution in [0.15, 0.2) is 108 Å². The number of anilines is 2. The van der Waals surface area contributed by atoms with Gasteiger partial charge in [0, 0.05) is 33.5 Å². The Balaban J connectivity index is 1.48. The van der Waals surface area contributed by atoms with E-state index in [4.69, 9.17) is 9.47 Å². The highest BCUT2D eigenvalue weighted by Crippen LogP contribution is 2.28. The number of hydrogen-bond acceptors (Lipinski definition) is 6. The van der Waals surface area contributed by atoms with E-state index in [1.54, 1.807) is 67.8 Å². The molecule has 0 saturated heterocycles. The monoisotopic (exact) mass is 595 g/mol. The third-order valence-corrected chi connectivity index (χ3v) is 7.46. The van der Waals surface area contributed by atoms with Crippen molar-refractivity contribution in [1.29, 1.82) is 0 Å². The SMILES string of the molecule is COc1ccc(/C=C(\NC(=O)c2ccccc2)C(=O)Nc2ccc(SC(C)C(=O)Nc3cccc(C)c3)cc2)c(OC)c1. The molecule has 0 aliphatic heterocycles. The molecule has 3 amide bonds. The Bertz CT molecular complexity index is 1620. The van der Waals surface area contributed by atoms with Crippen LogP contribution in [0, 0.1) is 6.92 Å². The van der Waals surface area contributed by atoms with Gasteiger partial charge in [-0.05, 0) is 86.2 Å². The molecule has 220 valence electrons. The van der Waals surface area contributed by atoms with Gasteiger partial charge in [-0.15, -0.1) is 11.8 Å². The minimum atomic E-state index is -0.520. The van der Waals surface area contributed by atoms with Gasteiger partial charge in [-0.3, -0.25) is 14.4 Å². The summed E-state index contributed by atoms with van der Waals surface area (Å²) in [6.45, 7) is 3.81. The first-order chi connectivity index (χ1) is 20.7. The van der Waals surface area contributed by atoms with E-state index in [1.807, 2.05) is 56.3 Å². The van der Waals surface area contributed by atoms with Crippen molar-refractivity contribution in [2.45, 2.75) is 24.0 Å². The minimum absolute atomic E-state index is 0.0252. The Morgan fingerprint density at radius 2 is 1.53 bits per heavy atom. The number of nitrogens with one attached hydrogen (secondary N) is 3. The fourth-order valence-electron chi connectivity index (χ4n) is 4.08. The fraction of sp³-hybridized carbons (Fsp3) is 0.147. The maximum Gasteiger partial charge on any atom is 0.272 e. The highest BCUT2D eigenvalue weighted by Gasteiger charge is 2.18. The van der Waals surface area contributed by atoms with Gasteiger partial charge >= 0.3 is 0 Å². The molecule has 3 N–H and O–H groups in total. The summed E-state index contributed by atoms with van der Waals surface area (Å²) < 4.78 is 10.7. The molecule has 43 heavy (non-hydrogen) atoms. The van der Waals surface area contributed by atoms with Gasteiger partial charge in [0.25, 0.3) is 11.8 Å². The van der Waals surface area contributed by atoms with Gasteiger partial charge in [0.1, 0.15) is 17.2 Å². The van der Waals surface area contributed by atoms with Crippen molar-refractivity contribution in [3.05, 3.63) is 119 Å². The van der Waals surface area contributed by atoms with E-state index in [0.29, 0.717) is 28.3 Å². The van der Waals surface area contributed by atoms with Crippen molar-refractivity contribution in [2.24, 2.45) is 0 Å². The smallest absolute Gasteiger partial charge is 0.272 e. The highest BCUT2D eigenvalue weighted by molar-refractivity contribution is 8.00. The second-order valence-electron chi connectivity index (χ2n) is 9.58. The Morgan fingerprint density at radius 3 is 2.21 bits per heavy atom. The third-order valence-electron chi connectivity index (χ3n) is 6.35. The molecule has 1 unspecified atom stereocenters. The van der Waals surface area contributed by atoms with Crippen LogP contribution < -0.4 is 25.4 Å². The van der Waals surface area contributed by atoms with E-state index >= 15 is 0 Å². The zero-order valence-corrected chi connectivity index (χ0v) is 25.2. The summed E-state index contributed by atoms with van der Waals surface area (Å²) in [4.78, 5) is 40.0. The van der Waals surface area contributed by atoms with Crippen LogP contribution in [-0.2, 0) is 9.59 Å². The number of carbonyl (C=O) groups is 3. The van der Waals surface area contributed by atoms with Crippen LogP contribution in [0.1, 0.15) is 28.4 Å². The molecule has 0 radical (unpaired) electrons. The van der Waals surface area contributed by atoms with Gasteiger partial charge in [0.2, 0.25) is 5.91 Å². The number of amides is 3. The molecule has 4 rings (SSSR count). The molecule has 0 heterocycles. The molecule has 0 aliphatic rings. The number of hydrogen-bond donors (Lipinski definition) is 3. The first-order valence-electron chi connectivity index (χ1n) is 13.5. The van der Waals surface area contributed by atoms with Crippen LogP contribution in [0.3, 0.4) is 0 Å². The fourth-order valence-corrected chi connectivity index (χ4v) is 4.94. The van der Waals surface area contributed by atoms with Crippen molar-refractivity contribution >= 4 is 46.9 Å². The van der Waals surface area contributed by atoms with Gasteiger partial charge in [0.05, 0.1) is 19.5 Å². The average Bonchev–Trinajstić information content (AvgIpc) is 3.02. The molecule has 0 aromatic heterocycles. The van der Waals surface area contributed by atoms with E-state index in [1.165, 1.54) is 18.9 Å². The Labute approximate surface area is 255 Å². The summed E-state index contributed by atoms with van der Waals surface area (Å²) in [6, 6.07) is 28.6. The molecular weight excluding hydrogens is 562 g/mol. The summed E-state index contributed by atoms with van der Waals surface area (Å²) >= 11 is 1.41. The van der Waals surface area contributed by atoms with Gasteiger partial charge < -0.3 is 25.4 Å². The Hall–Kier alpha value is -5.02. The summed E-state index contributed by atoms with van der Waals surface area (Å²) in [7, 11) is 3.06. The van der Waals surface area contributed by atoms with E-state index in [-0.39, 0.29) is 16.9 Å². The second kappa shape index (κ2) is 14.7. The van der Waals surface area contributed by atoms with Crippen LogP contribution in [0.2, 0.25) is 0 Å². The lowest BCUT2D eigenvalue weighted by Crippen LogP contribution is -2.30. The number of carbonyl (C=O) groups excluding carboxylic acids is 3. The van der Waals surface area contributed by atoms with Crippen molar-refractivity contribution in [1.82, 2.24) is 5.32 Å². The lowest BCUT2D eigenvalue weighted by atomic mass is 10.1. The summed E-state index contributed by atoms with van der Waals surface area (Å²) in [6.07, 6.45) is 1.55. The molecule has 4 aromatic carbocycles. The van der Waals surface area contributed by atoms with Crippen LogP contribution in [0.4, 0.5) is 11.4 Å². The lowest BCUT2D eigenvalue weighted by molar-refractivity contribution is -0.115. The molecular formula is C34H33N3O5S. The van der Waals surface area contributed by atoms with E-state index in [9.17, 15) is 14.4 Å². The van der Waals surface area contributed by atoms with Crippen molar-refractivity contribution in [3.63, 3.8) is 0 Å². The molecule has 0 fully saturated rings. The van der Waals surface area contributed by atoms with E-state index in [0.717, 1.165) is 16.1 Å². The van der Waals surface area contributed by atoms with E-state index in [2.05, 4.69) is 16.0 Å². The molecule has 0 spiro atoms. The van der Waals surface area contributed by atoms with Gasteiger partial charge in [-0.25, -0.2) is 0 Å². The normalized spacial score (nSPS) is 11.7. The summed E-state index contributed by atoms with van der Waals surface area (Å²) in [5.74, 6) is 0.00674. The topological polar surface area (TPSA) is 106 Å². The number of methoxy groups -OCH3 is 2. The third kappa shape index (κ3) is 8.73. The zero-order chi connectivity index (χ0) is 30.8. The predicted molar refractivity (Wildman–Crippen MR) is 172 cm³/mol. The maximum atomic E-state index is 13.4. The number of thioether (sulfide) groups is 1. The van der Waals surface area contributed by atoms with Crippen molar-refractivity contribution in [2.75, 3.05) is 24.9 Å². The summed E-state index contributed by atoms with van der Waals surface area (Å²) in [5.41, 5.74) is 3.35. The average molecular weight is 596 g/mol. The maximum absolute atomic E-state index is 13.4. The summed E-state index contributed by atoms with van der Waals surface area (Å²) in [5, 5.41) is 8.17. The first-order valence-corrected chi connectivity index (χ1v) is 14.4.